The van der Waals surface area contributed by atoms with E-state index < -0.39 is 0 Å². The second-order valence-electron chi connectivity index (χ2n) is 5.58. The third-order valence-electron chi connectivity index (χ3n) is 4.06. The Morgan fingerprint density at radius 2 is 2.17 bits per heavy atom. The van der Waals surface area contributed by atoms with Gasteiger partial charge in [0.2, 0.25) is 0 Å². The van der Waals surface area contributed by atoms with E-state index in [0.29, 0.717) is 6.04 Å². The largest absolute Gasteiger partial charge is 0.308 e. The van der Waals surface area contributed by atoms with Gasteiger partial charge in [0.1, 0.15) is 0 Å². The maximum atomic E-state index is 4.21. The van der Waals surface area contributed by atoms with Crippen LogP contribution in [-0.4, -0.2) is 40.9 Å². The van der Waals surface area contributed by atoms with Crippen LogP contribution in [0, 0.1) is 5.92 Å². The quantitative estimate of drug-likeness (QED) is 0.865. The summed E-state index contributed by atoms with van der Waals surface area (Å²) in [4.78, 5) is 2.57. The molecule has 4 nitrogen and oxygen atoms in total. The number of nitrogens with zero attached hydrogens (tertiary/aromatic N) is 3. The zero-order valence-electron chi connectivity index (χ0n) is 11.9. The normalized spacial score (nSPS) is 20.2. The first-order valence-electron chi connectivity index (χ1n) is 7.10. The van der Waals surface area contributed by atoms with Crippen molar-refractivity contribution in [1.29, 1.82) is 0 Å². The molecule has 0 radical (unpaired) electrons. The van der Waals surface area contributed by atoms with Gasteiger partial charge in [-0.05, 0) is 44.8 Å². The number of aromatic nitrogens is 2. The minimum atomic E-state index is 0.376. The molecule has 1 aliphatic heterocycles. The SMILES string of the molecule is CC1CCN(CCNC(C)c2ccnn2C)CC1. The maximum absolute atomic E-state index is 4.21. The fourth-order valence-corrected chi connectivity index (χ4v) is 2.64. The van der Waals surface area contributed by atoms with E-state index in [0.717, 1.165) is 19.0 Å². The fraction of sp³-hybridized carbons (Fsp3) is 0.786. The average molecular weight is 250 g/mol. The number of piperidine rings is 1. The molecule has 1 aliphatic rings. The topological polar surface area (TPSA) is 33.1 Å². The molecule has 1 N–H and O–H groups in total. The van der Waals surface area contributed by atoms with E-state index in [2.05, 4.69) is 35.2 Å². The Hall–Kier alpha value is -0.870. The summed E-state index contributed by atoms with van der Waals surface area (Å²) in [5, 5.41) is 7.79. The van der Waals surface area contributed by atoms with Gasteiger partial charge in [0.25, 0.3) is 0 Å². The van der Waals surface area contributed by atoms with Crippen LogP contribution in [0.5, 0.6) is 0 Å². The Bertz CT molecular complexity index is 352. The second kappa shape index (κ2) is 6.34. The van der Waals surface area contributed by atoms with Crippen LogP contribution in [0.4, 0.5) is 0 Å². The van der Waals surface area contributed by atoms with Gasteiger partial charge in [0.15, 0.2) is 0 Å². The summed E-state index contributed by atoms with van der Waals surface area (Å²) < 4.78 is 1.94. The molecule has 2 rings (SSSR count). The molecule has 0 aromatic carbocycles. The molecule has 1 saturated heterocycles. The van der Waals surface area contributed by atoms with Gasteiger partial charge in [-0.3, -0.25) is 4.68 Å². The minimum absolute atomic E-state index is 0.376. The summed E-state index contributed by atoms with van der Waals surface area (Å²) in [7, 11) is 2.00. The van der Waals surface area contributed by atoms with Crippen LogP contribution in [-0.2, 0) is 7.05 Å². The minimum Gasteiger partial charge on any atom is -0.308 e. The molecule has 0 spiro atoms. The summed E-state index contributed by atoms with van der Waals surface area (Å²) >= 11 is 0. The van der Waals surface area contributed by atoms with Gasteiger partial charge in [-0.15, -0.1) is 0 Å². The lowest BCUT2D eigenvalue weighted by atomic mass is 9.99. The van der Waals surface area contributed by atoms with Crippen LogP contribution < -0.4 is 5.32 Å². The molecule has 0 amide bonds. The molecule has 2 heterocycles. The van der Waals surface area contributed by atoms with E-state index in [1.165, 1.54) is 31.6 Å². The van der Waals surface area contributed by atoms with Crippen molar-refractivity contribution in [3.8, 4) is 0 Å². The first-order valence-corrected chi connectivity index (χ1v) is 7.10. The maximum Gasteiger partial charge on any atom is 0.0547 e. The third-order valence-corrected chi connectivity index (χ3v) is 4.06. The average Bonchev–Trinajstić information content (AvgIpc) is 2.78. The Labute approximate surface area is 110 Å². The standard InChI is InChI=1S/C14H26N4/c1-12-5-9-18(10-6-12)11-8-15-13(2)14-4-7-16-17(14)3/h4,7,12-13,15H,5-6,8-11H2,1-3H3. The van der Waals surface area contributed by atoms with Gasteiger partial charge in [-0.25, -0.2) is 0 Å². The molecule has 1 fully saturated rings. The molecule has 1 aromatic rings. The molecule has 1 atom stereocenters. The van der Waals surface area contributed by atoms with E-state index in [4.69, 9.17) is 0 Å². The summed E-state index contributed by atoms with van der Waals surface area (Å²) in [6.45, 7) is 9.32. The first-order chi connectivity index (χ1) is 8.66. The molecule has 0 saturated carbocycles. The third kappa shape index (κ3) is 3.56. The monoisotopic (exact) mass is 250 g/mol. The molecule has 4 heteroatoms. The number of nitrogens with one attached hydrogen (secondary N) is 1. The van der Waals surface area contributed by atoms with Crippen molar-refractivity contribution in [1.82, 2.24) is 20.0 Å². The summed E-state index contributed by atoms with van der Waals surface area (Å²) in [5.74, 6) is 0.919. The zero-order valence-corrected chi connectivity index (χ0v) is 11.9. The lowest BCUT2D eigenvalue weighted by molar-refractivity contribution is 0.191. The van der Waals surface area contributed by atoms with Gasteiger partial charge < -0.3 is 10.2 Å². The number of likely N-dealkylation sites (tertiary alicyclic amines) is 1. The van der Waals surface area contributed by atoms with Gasteiger partial charge in [-0.2, -0.15) is 5.10 Å². The van der Waals surface area contributed by atoms with Crippen molar-refractivity contribution in [2.75, 3.05) is 26.2 Å². The van der Waals surface area contributed by atoms with Gasteiger partial charge >= 0.3 is 0 Å². The molecule has 18 heavy (non-hydrogen) atoms. The number of rotatable bonds is 5. The van der Waals surface area contributed by atoms with Crippen LogP contribution in [0.15, 0.2) is 12.3 Å². The zero-order chi connectivity index (χ0) is 13.0. The summed E-state index contributed by atoms with van der Waals surface area (Å²) in [6, 6.07) is 2.46. The van der Waals surface area contributed by atoms with Crippen molar-refractivity contribution in [3.63, 3.8) is 0 Å². The fourth-order valence-electron chi connectivity index (χ4n) is 2.64. The molecule has 1 unspecified atom stereocenters. The molecular formula is C14H26N4. The molecule has 1 aromatic heterocycles. The molecule has 102 valence electrons. The highest BCUT2D eigenvalue weighted by atomic mass is 15.3. The highest BCUT2D eigenvalue weighted by Crippen LogP contribution is 2.15. The van der Waals surface area contributed by atoms with Crippen LogP contribution in [0.3, 0.4) is 0 Å². The van der Waals surface area contributed by atoms with Crippen molar-refractivity contribution >= 4 is 0 Å². The molecule has 0 bridgehead atoms. The first kappa shape index (κ1) is 13.6. The van der Waals surface area contributed by atoms with E-state index in [9.17, 15) is 0 Å². The van der Waals surface area contributed by atoms with E-state index in [1.54, 1.807) is 0 Å². The lowest BCUT2D eigenvalue weighted by Crippen LogP contribution is -2.38. The second-order valence-corrected chi connectivity index (χ2v) is 5.58. The van der Waals surface area contributed by atoms with Crippen LogP contribution in [0.1, 0.15) is 38.4 Å². The summed E-state index contributed by atoms with van der Waals surface area (Å²) in [6.07, 6.45) is 4.58. The highest BCUT2D eigenvalue weighted by molar-refractivity contribution is 5.05. The van der Waals surface area contributed by atoms with Crippen molar-refractivity contribution in [3.05, 3.63) is 18.0 Å². The lowest BCUT2D eigenvalue weighted by Gasteiger charge is -2.30. The Morgan fingerprint density at radius 3 is 2.78 bits per heavy atom. The van der Waals surface area contributed by atoms with Gasteiger partial charge in [0.05, 0.1) is 5.69 Å². The number of aryl methyl sites for hydroxylation is 1. The van der Waals surface area contributed by atoms with Crippen molar-refractivity contribution in [2.45, 2.75) is 32.7 Å². The predicted octanol–water partition coefficient (Wildman–Crippen LogP) is 1.80. The Balaban J connectivity index is 1.68. The van der Waals surface area contributed by atoms with Crippen LogP contribution >= 0.6 is 0 Å². The van der Waals surface area contributed by atoms with Gasteiger partial charge in [0, 0.05) is 32.4 Å². The molecular weight excluding hydrogens is 224 g/mol. The Kier molecular flexibility index (Phi) is 4.78. The number of hydrogen-bond donors (Lipinski definition) is 1. The highest BCUT2D eigenvalue weighted by Gasteiger charge is 2.15. The van der Waals surface area contributed by atoms with Crippen molar-refractivity contribution in [2.24, 2.45) is 13.0 Å². The molecule has 0 aliphatic carbocycles. The number of hydrogen-bond acceptors (Lipinski definition) is 3. The van der Waals surface area contributed by atoms with Crippen LogP contribution in [0.2, 0.25) is 0 Å². The van der Waals surface area contributed by atoms with E-state index >= 15 is 0 Å². The van der Waals surface area contributed by atoms with Crippen molar-refractivity contribution < 1.29 is 0 Å². The van der Waals surface area contributed by atoms with Gasteiger partial charge in [-0.1, -0.05) is 6.92 Å². The Morgan fingerprint density at radius 1 is 1.44 bits per heavy atom. The van der Waals surface area contributed by atoms with E-state index in [1.807, 2.05) is 17.9 Å². The summed E-state index contributed by atoms with van der Waals surface area (Å²) in [5.41, 5.74) is 1.25. The van der Waals surface area contributed by atoms with Crippen LogP contribution in [0.25, 0.3) is 0 Å². The smallest absolute Gasteiger partial charge is 0.0547 e. The van der Waals surface area contributed by atoms with E-state index in [-0.39, 0.29) is 0 Å². The predicted molar refractivity (Wildman–Crippen MR) is 74.5 cm³/mol.